The fraction of sp³-hybridized carbons (Fsp3) is 0.400. The van der Waals surface area contributed by atoms with Crippen molar-refractivity contribution in [1.29, 1.82) is 0 Å². The minimum Gasteiger partial charge on any atom is -0.339 e. The zero-order valence-corrected chi connectivity index (χ0v) is 15.9. The van der Waals surface area contributed by atoms with Crippen molar-refractivity contribution in [2.24, 2.45) is 5.73 Å². The van der Waals surface area contributed by atoms with Crippen molar-refractivity contribution < 1.29 is 4.52 Å². The lowest BCUT2D eigenvalue weighted by Crippen LogP contribution is -2.34. The Hall–Kier alpha value is -0.990. The molecule has 0 radical (unpaired) electrons. The molecule has 0 aromatic carbocycles. The average molecular weight is 403 g/mol. The molecule has 0 spiro atoms. The molecule has 3 aromatic rings. The van der Waals surface area contributed by atoms with Crippen LogP contribution in [0.15, 0.2) is 22.0 Å². The normalized spacial score (nSPS) is 16.2. The van der Waals surface area contributed by atoms with Crippen LogP contribution in [-0.2, 0) is 12.0 Å². The van der Waals surface area contributed by atoms with Crippen molar-refractivity contribution in [3.05, 3.63) is 39.3 Å². The Morgan fingerprint density at radius 2 is 2.04 bits per heavy atom. The van der Waals surface area contributed by atoms with Crippen LogP contribution in [-0.4, -0.2) is 15.1 Å². The number of hydrogen-bond donors (Lipinski definition) is 1. The third-order valence-electron chi connectivity index (χ3n) is 4.08. The molecule has 1 saturated carbocycles. The molecule has 2 N–H and O–H groups in total. The predicted molar refractivity (Wildman–Crippen MR) is 99.1 cm³/mol. The Bertz CT molecular complexity index is 823. The zero-order valence-electron chi connectivity index (χ0n) is 12.7. The summed E-state index contributed by atoms with van der Waals surface area (Å²) >= 11 is 9.09. The monoisotopic (exact) mass is 402 g/mol. The molecular formula is C15H16Cl2N4OS2. The summed E-state index contributed by atoms with van der Waals surface area (Å²) < 4.78 is 6.14. The molecule has 9 heteroatoms. The van der Waals surface area contributed by atoms with E-state index in [2.05, 4.69) is 15.1 Å². The molecule has 3 heterocycles. The second-order valence-corrected chi connectivity index (χ2v) is 8.37. The molecule has 0 aliphatic heterocycles. The third kappa shape index (κ3) is 3.50. The summed E-state index contributed by atoms with van der Waals surface area (Å²) in [5, 5.41) is 7.06. The minimum absolute atomic E-state index is 0. The first-order chi connectivity index (χ1) is 11.1. The van der Waals surface area contributed by atoms with E-state index in [1.54, 1.807) is 11.3 Å². The van der Waals surface area contributed by atoms with Gasteiger partial charge in [0.05, 0.1) is 26.9 Å². The van der Waals surface area contributed by atoms with E-state index >= 15 is 0 Å². The molecule has 0 unspecified atom stereocenters. The number of hydrogen-bond acceptors (Lipinski definition) is 7. The number of thiophene rings is 1. The van der Waals surface area contributed by atoms with Gasteiger partial charge in [-0.1, -0.05) is 29.6 Å². The fourth-order valence-corrected chi connectivity index (χ4v) is 4.78. The Balaban J connectivity index is 0.00000169. The van der Waals surface area contributed by atoms with E-state index in [1.807, 2.05) is 17.5 Å². The van der Waals surface area contributed by atoms with Crippen molar-refractivity contribution in [2.75, 3.05) is 0 Å². The van der Waals surface area contributed by atoms with Gasteiger partial charge in [-0.3, -0.25) is 0 Å². The van der Waals surface area contributed by atoms with Crippen LogP contribution in [0.3, 0.4) is 0 Å². The van der Waals surface area contributed by atoms with Gasteiger partial charge in [0.2, 0.25) is 5.89 Å². The van der Waals surface area contributed by atoms with Crippen molar-refractivity contribution in [3.8, 4) is 9.88 Å². The predicted octanol–water partition coefficient (Wildman–Crippen LogP) is 4.65. The van der Waals surface area contributed by atoms with Gasteiger partial charge in [0.25, 0.3) is 0 Å². The van der Waals surface area contributed by atoms with Crippen molar-refractivity contribution in [2.45, 2.75) is 37.6 Å². The molecule has 5 nitrogen and oxygen atoms in total. The maximum Gasteiger partial charge on any atom is 0.232 e. The zero-order chi connectivity index (χ0) is 15.9. The van der Waals surface area contributed by atoms with Crippen LogP contribution in [0.25, 0.3) is 9.88 Å². The molecule has 128 valence electrons. The van der Waals surface area contributed by atoms with Crippen molar-refractivity contribution in [1.82, 2.24) is 15.1 Å². The van der Waals surface area contributed by atoms with Crippen LogP contribution in [0, 0.1) is 0 Å². The highest BCUT2D eigenvalue weighted by molar-refractivity contribution is 7.23. The van der Waals surface area contributed by atoms with Crippen molar-refractivity contribution >= 4 is 46.7 Å². The maximum atomic E-state index is 6.36. The smallest absolute Gasteiger partial charge is 0.232 e. The molecule has 1 aliphatic carbocycles. The summed E-state index contributed by atoms with van der Waals surface area (Å²) in [6.07, 6.45) is 4.62. The molecule has 0 bridgehead atoms. The second kappa shape index (κ2) is 7.09. The molecule has 1 aliphatic rings. The molecule has 1 fully saturated rings. The van der Waals surface area contributed by atoms with Gasteiger partial charge in [0.15, 0.2) is 5.82 Å². The number of nitrogens with two attached hydrogens (primary N) is 1. The van der Waals surface area contributed by atoms with E-state index in [4.69, 9.17) is 21.9 Å². The lowest BCUT2D eigenvalue weighted by Gasteiger charge is -2.17. The lowest BCUT2D eigenvalue weighted by atomic mass is 9.99. The lowest BCUT2D eigenvalue weighted by molar-refractivity contribution is 0.352. The van der Waals surface area contributed by atoms with Crippen LogP contribution in [0.4, 0.5) is 0 Å². The van der Waals surface area contributed by atoms with Gasteiger partial charge in [-0.25, -0.2) is 4.98 Å². The first-order valence-electron chi connectivity index (χ1n) is 7.44. The van der Waals surface area contributed by atoms with Crippen molar-refractivity contribution in [3.63, 3.8) is 0 Å². The van der Waals surface area contributed by atoms with Crippen LogP contribution in [0.1, 0.15) is 43.1 Å². The third-order valence-corrected chi connectivity index (χ3v) is 6.37. The summed E-state index contributed by atoms with van der Waals surface area (Å²) in [6, 6.07) is 3.87. The molecule has 3 aromatic heterocycles. The van der Waals surface area contributed by atoms with Crippen LogP contribution in [0.2, 0.25) is 4.34 Å². The van der Waals surface area contributed by atoms with Crippen LogP contribution >= 0.6 is 46.7 Å². The highest BCUT2D eigenvalue weighted by atomic mass is 35.5. The molecule has 0 atom stereocenters. The molecule has 0 amide bonds. The molecule has 4 rings (SSSR count). The quantitative estimate of drug-likeness (QED) is 0.686. The van der Waals surface area contributed by atoms with E-state index in [0.717, 1.165) is 45.6 Å². The van der Waals surface area contributed by atoms with Gasteiger partial charge in [-0.2, -0.15) is 4.98 Å². The number of aromatic nitrogens is 3. The summed E-state index contributed by atoms with van der Waals surface area (Å²) in [5.74, 6) is 1.20. The Kier molecular flexibility index (Phi) is 5.27. The maximum absolute atomic E-state index is 6.36. The standard InChI is InChI=1S/C15H15ClN4OS2.ClH/c16-11-4-3-10(23-11)13-18-9(8-22-13)7-12-19-14(20-21-12)15(17)5-1-2-6-15;/h3-4,8H,1-2,5-7,17H2;1H. The Labute approximate surface area is 158 Å². The summed E-state index contributed by atoms with van der Waals surface area (Å²) in [7, 11) is 0. The van der Waals surface area contributed by atoms with Gasteiger partial charge >= 0.3 is 0 Å². The van der Waals surface area contributed by atoms with Gasteiger partial charge in [0, 0.05) is 5.38 Å². The first kappa shape index (κ1) is 17.8. The molecule has 24 heavy (non-hydrogen) atoms. The van der Waals surface area contributed by atoms with Crippen LogP contribution in [0.5, 0.6) is 0 Å². The van der Waals surface area contributed by atoms with Gasteiger partial charge in [-0.05, 0) is 25.0 Å². The van der Waals surface area contributed by atoms with E-state index in [9.17, 15) is 0 Å². The Morgan fingerprint density at radius 3 is 2.75 bits per heavy atom. The van der Waals surface area contributed by atoms with E-state index in [1.165, 1.54) is 11.3 Å². The molecule has 0 saturated heterocycles. The molecular weight excluding hydrogens is 387 g/mol. The largest absolute Gasteiger partial charge is 0.339 e. The first-order valence-corrected chi connectivity index (χ1v) is 9.52. The minimum atomic E-state index is -0.414. The summed E-state index contributed by atoms with van der Waals surface area (Å²) in [4.78, 5) is 10.2. The fourth-order valence-electron chi connectivity index (χ4n) is 2.84. The highest BCUT2D eigenvalue weighted by Gasteiger charge is 2.35. The number of nitrogens with zero attached hydrogens (tertiary/aromatic N) is 3. The van der Waals surface area contributed by atoms with Gasteiger partial charge in [0.1, 0.15) is 5.01 Å². The van der Waals surface area contributed by atoms with Gasteiger partial charge < -0.3 is 10.3 Å². The second-order valence-electron chi connectivity index (χ2n) is 5.80. The summed E-state index contributed by atoms with van der Waals surface area (Å²) in [6.45, 7) is 0. The number of rotatable bonds is 4. The van der Waals surface area contributed by atoms with Crippen LogP contribution < -0.4 is 5.73 Å². The number of halogens is 2. The van der Waals surface area contributed by atoms with E-state index in [0.29, 0.717) is 18.1 Å². The van der Waals surface area contributed by atoms with E-state index in [-0.39, 0.29) is 12.4 Å². The number of thiazole rings is 1. The Morgan fingerprint density at radius 1 is 1.25 bits per heavy atom. The topological polar surface area (TPSA) is 77.8 Å². The van der Waals surface area contributed by atoms with E-state index < -0.39 is 5.54 Å². The SMILES string of the molecule is Cl.NC1(c2noc(Cc3csc(-c4ccc(Cl)s4)n3)n2)CCCC1. The van der Waals surface area contributed by atoms with Gasteiger partial charge in [-0.15, -0.1) is 35.1 Å². The summed E-state index contributed by atoms with van der Waals surface area (Å²) in [5.41, 5.74) is 6.86. The average Bonchev–Trinajstić information content (AvgIpc) is 3.27. The highest BCUT2D eigenvalue weighted by Crippen LogP contribution is 2.35.